The molecule has 0 radical (unpaired) electrons. The molecule has 6 nitrogen and oxygen atoms in total. The van der Waals surface area contributed by atoms with Crippen LogP contribution in [0, 0.1) is 11.2 Å². The Balaban J connectivity index is 1.43. The summed E-state index contributed by atoms with van der Waals surface area (Å²) in [6, 6.07) is 9.55. The van der Waals surface area contributed by atoms with Crippen LogP contribution >= 0.6 is 0 Å². The number of carbonyl (C=O) groups is 2. The molecule has 0 saturated carbocycles. The monoisotopic (exact) mass is 396 g/mol. The highest BCUT2D eigenvalue weighted by Crippen LogP contribution is 2.39. The summed E-state index contributed by atoms with van der Waals surface area (Å²) in [5, 5.41) is 2.79. The molecule has 2 aliphatic rings. The summed E-state index contributed by atoms with van der Waals surface area (Å²) in [5.74, 6) is -0.218. The van der Waals surface area contributed by atoms with E-state index >= 15 is 0 Å². The normalized spacial score (nSPS) is 22.0. The van der Waals surface area contributed by atoms with E-state index < -0.39 is 0 Å². The van der Waals surface area contributed by atoms with E-state index in [9.17, 15) is 14.0 Å². The van der Waals surface area contributed by atoms with E-state index in [1.165, 1.54) is 12.1 Å². The lowest BCUT2D eigenvalue weighted by Gasteiger charge is -2.48. The van der Waals surface area contributed by atoms with Gasteiger partial charge in [0.2, 0.25) is 5.91 Å². The van der Waals surface area contributed by atoms with Crippen molar-refractivity contribution in [3.8, 4) is 0 Å². The van der Waals surface area contributed by atoms with Gasteiger partial charge in [0.05, 0.1) is 0 Å². The number of nitrogens with zero attached hydrogens (tertiary/aromatic N) is 3. The topological polar surface area (TPSA) is 65.5 Å². The molecule has 2 fully saturated rings. The molecule has 1 atom stereocenters. The lowest BCUT2D eigenvalue weighted by atomic mass is 9.73. The zero-order chi connectivity index (χ0) is 20.3. The number of benzene rings is 1. The predicted molar refractivity (Wildman–Crippen MR) is 108 cm³/mol. The molecule has 1 aromatic carbocycles. The first-order chi connectivity index (χ1) is 14.0. The molecule has 3 heterocycles. The molecule has 0 aliphatic carbocycles. The quantitative estimate of drug-likeness (QED) is 0.861. The zero-order valence-electron chi connectivity index (χ0n) is 16.3. The number of carbonyl (C=O) groups excluding carboxylic acids is 2. The summed E-state index contributed by atoms with van der Waals surface area (Å²) < 4.78 is 13.4. The first kappa shape index (κ1) is 19.4. The van der Waals surface area contributed by atoms with Gasteiger partial charge in [0.15, 0.2) is 0 Å². The van der Waals surface area contributed by atoms with Crippen LogP contribution in [0.4, 0.5) is 14.9 Å². The molecule has 1 unspecified atom stereocenters. The van der Waals surface area contributed by atoms with Gasteiger partial charge in [0.25, 0.3) is 0 Å². The number of urea groups is 1. The lowest BCUT2D eigenvalue weighted by molar-refractivity contribution is -0.139. The van der Waals surface area contributed by atoms with Crippen molar-refractivity contribution >= 4 is 17.6 Å². The molecule has 0 bridgehead atoms. The minimum Gasteiger partial charge on any atom is -0.338 e. The number of likely N-dealkylation sites (tertiary alicyclic amines) is 2. The number of anilines is 1. The van der Waals surface area contributed by atoms with Crippen LogP contribution < -0.4 is 5.32 Å². The zero-order valence-corrected chi connectivity index (χ0v) is 16.3. The molecular formula is C22H25FN4O2. The fourth-order valence-electron chi connectivity index (χ4n) is 4.44. The van der Waals surface area contributed by atoms with Gasteiger partial charge >= 0.3 is 6.03 Å². The van der Waals surface area contributed by atoms with E-state index in [1.54, 1.807) is 29.4 Å². The maximum absolute atomic E-state index is 13.4. The Morgan fingerprint density at radius 1 is 1.17 bits per heavy atom. The summed E-state index contributed by atoms with van der Waals surface area (Å²) in [5.41, 5.74) is 1.42. The van der Waals surface area contributed by atoms with Gasteiger partial charge in [-0.15, -0.1) is 0 Å². The third-order valence-electron chi connectivity index (χ3n) is 5.90. The Bertz CT molecular complexity index is 891. The Hall–Kier alpha value is -2.96. The number of halogens is 1. The van der Waals surface area contributed by atoms with Crippen LogP contribution in [0.5, 0.6) is 0 Å². The molecule has 152 valence electrons. The molecule has 1 aromatic heterocycles. The summed E-state index contributed by atoms with van der Waals surface area (Å²) in [6.45, 7) is 2.49. The third kappa shape index (κ3) is 4.55. The van der Waals surface area contributed by atoms with Crippen LogP contribution in [0.3, 0.4) is 0 Å². The summed E-state index contributed by atoms with van der Waals surface area (Å²) in [7, 11) is 0. The molecule has 29 heavy (non-hydrogen) atoms. The fourth-order valence-corrected chi connectivity index (χ4v) is 4.44. The van der Waals surface area contributed by atoms with Crippen molar-refractivity contribution < 1.29 is 14.0 Å². The molecule has 1 spiro atoms. The van der Waals surface area contributed by atoms with E-state index in [-0.39, 0.29) is 23.2 Å². The first-order valence-electron chi connectivity index (χ1n) is 10.0. The highest BCUT2D eigenvalue weighted by molar-refractivity contribution is 5.89. The van der Waals surface area contributed by atoms with Crippen LogP contribution in [-0.2, 0) is 11.3 Å². The molecule has 4 rings (SSSR count). The van der Waals surface area contributed by atoms with Crippen molar-refractivity contribution in [3.05, 3.63) is 60.2 Å². The number of rotatable bonds is 3. The molecular weight excluding hydrogens is 371 g/mol. The second-order valence-corrected chi connectivity index (χ2v) is 8.07. The second kappa shape index (κ2) is 8.19. The average molecular weight is 396 g/mol. The second-order valence-electron chi connectivity index (χ2n) is 8.07. The van der Waals surface area contributed by atoms with Gasteiger partial charge in [-0.1, -0.05) is 6.07 Å². The van der Waals surface area contributed by atoms with Crippen LogP contribution in [0.2, 0.25) is 0 Å². The largest absolute Gasteiger partial charge is 0.338 e. The first-order valence-corrected chi connectivity index (χ1v) is 10.0. The van der Waals surface area contributed by atoms with Gasteiger partial charge in [-0.05, 0) is 55.2 Å². The smallest absolute Gasteiger partial charge is 0.321 e. The maximum atomic E-state index is 13.4. The standard InChI is InChI=1S/C22H25FN4O2/c23-18-3-1-4-19(13-18)25-21(29)26-12-2-8-22(15-26)9-5-20(28)27(16-22)14-17-6-10-24-11-7-17/h1,3-4,6-7,10-11,13H,2,5,8-9,12,14-16H2,(H,25,29). The van der Waals surface area contributed by atoms with Crippen molar-refractivity contribution in [3.63, 3.8) is 0 Å². The predicted octanol–water partition coefficient (Wildman–Crippen LogP) is 3.66. The maximum Gasteiger partial charge on any atom is 0.321 e. The average Bonchev–Trinajstić information content (AvgIpc) is 2.72. The van der Waals surface area contributed by atoms with Gasteiger partial charge < -0.3 is 15.1 Å². The van der Waals surface area contributed by atoms with Crippen molar-refractivity contribution in [1.82, 2.24) is 14.8 Å². The van der Waals surface area contributed by atoms with Crippen LogP contribution in [-0.4, -0.2) is 46.4 Å². The van der Waals surface area contributed by atoms with Crippen molar-refractivity contribution in [2.24, 2.45) is 5.41 Å². The number of pyridine rings is 1. The Kier molecular flexibility index (Phi) is 5.47. The fraction of sp³-hybridized carbons (Fsp3) is 0.409. The van der Waals surface area contributed by atoms with E-state index in [1.807, 2.05) is 17.0 Å². The molecule has 2 aliphatic heterocycles. The van der Waals surface area contributed by atoms with Crippen LogP contribution in [0.1, 0.15) is 31.2 Å². The number of hydrogen-bond acceptors (Lipinski definition) is 3. The van der Waals surface area contributed by atoms with Crippen molar-refractivity contribution in [2.45, 2.75) is 32.2 Å². The molecule has 1 N–H and O–H groups in total. The van der Waals surface area contributed by atoms with E-state index in [0.29, 0.717) is 38.3 Å². The lowest BCUT2D eigenvalue weighted by Crippen LogP contribution is -2.55. The number of nitrogens with one attached hydrogen (secondary N) is 1. The van der Waals surface area contributed by atoms with Gasteiger partial charge in [-0.2, -0.15) is 0 Å². The molecule has 3 amide bonds. The SMILES string of the molecule is O=C1CCC2(CCCN(C(=O)Nc3cccc(F)c3)C2)CN1Cc1ccncc1. The Morgan fingerprint density at radius 3 is 2.79 bits per heavy atom. The van der Waals surface area contributed by atoms with Gasteiger partial charge in [-0.25, -0.2) is 9.18 Å². The molecule has 2 saturated heterocycles. The summed E-state index contributed by atoms with van der Waals surface area (Å²) in [4.78, 5) is 33.0. The highest BCUT2D eigenvalue weighted by atomic mass is 19.1. The highest BCUT2D eigenvalue weighted by Gasteiger charge is 2.42. The van der Waals surface area contributed by atoms with Gasteiger partial charge in [0, 0.05) is 56.1 Å². The van der Waals surface area contributed by atoms with E-state index in [0.717, 1.165) is 24.8 Å². The van der Waals surface area contributed by atoms with Crippen molar-refractivity contribution in [2.75, 3.05) is 25.0 Å². The molecule has 2 aromatic rings. The van der Waals surface area contributed by atoms with E-state index in [4.69, 9.17) is 0 Å². The van der Waals surface area contributed by atoms with E-state index in [2.05, 4.69) is 10.3 Å². The summed E-state index contributed by atoms with van der Waals surface area (Å²) >= 11 is 0. The Morgan fingerprint density at radius 2 is 2.00 bits per heavy atom. The minimum absolute atomic E-state index is 0.0849. The van der Waals surface area contributed by atoms with Crippen LogP contribution in [0.25, 0.3) is 0 Å². The van der Waals surface area contributed by atoms with Crippen molar-refractivity contribution in [1.29, 1.82) is 0 Å². The van der Waals surface area contributed by atoms with Gasteiger partial charge in [0.1, 0.15) is 5.82 Å². The van der Waals surface area contributed by atoms with Gasteiger partial charge in [-0.3, -0.25) is 9.78 Å². The number of piperidine rings is 2. The molecule has 7 heteroatoms. The minimum atomic E-state index is -0.379. The third-order valence-corrected chi connectivity index (χ3v) is 5.90. The summed E-state index contributed by atoms with van der Waals surface area (Å²) in [6.07, 6.45) is 6.66. The number of aromatic nitrogens is 1. The number of amides is 3. The van der Waals surface area contributed by atoms with Crippen LogP contribution in [0.15, 0.2) is 48.8 Å². The number of hydrogen-bond donors (Lipinski definition) is 1. The Labute approximate surface area is 169 Å².